The van der Waals surface area contributed by atoms with Crippen LogP contribution in [-0.4, -0.2) is 17.7 Å². The molecule has 0 bridgehead atoms. The molecular weight excluding hydrogens is 266 g/mol. The second-order valence-corrected chi connectivity index (χ2v) is 3.84. The van der Waals surface area contributed by atoms with Gasteiger partial charge >= 0.3 is 0 Å². The molecule has 5 nitrogen and oxygen atoms in total. The van der Waals surface area contributed by atoms with Gasteiger partial charge in [-0.25, -0.2) is 0 Å². The molecule has 0 heterocycles. The number of oxime groups is 1. The molecule has 1 N–H and O–H groups in total. The van der Waals surface area contributed by atoms with E-state index in [4.69, 9.17) is 15.7 Å². The van der Waals surface area contributed by atoms with E-state index < -0.39 is 0 Å². The number of hydrogen-bond donors (Lipinski definition) is 1. The van der Waals surface area contributed by atoms with Crippen LogP contribution in [0.15, 0.2) is 53.7 Å². The number of nitriles is 2. The van der Waals surface area contributed by atoms with Gasteiger partial charge < -0.3 is 5.21 Å². The van der Waals surface area contributed by atoms with Gasteiger partial charge in [-0.2, -0.15) is 10.5 Å². The van der Waals surface area contributed by atoms with Crippen LogP contribution in [0.25, 0.3) is 0 Å². The highest BCUT2D eigenvalue weighted by molar-refractivity contribution is 5.79. The van der Waals surface area contributed by atoms with Crippen molar-refractivity contribution in [2.24, 2.45) is 5.16 Å². The first kappa shape index (κ1) is 15.6. The van der Waals surface area contributed by atoms with E-state index in [1.165, 1.54) is 6.21 Å². The molecule has 5 heteroatoms. The highest BCUT2D eigenvalue weighted by Crippen LogP contribution is 2.01. The zero-order valence-corrected chi connectivity index (χ0v) is 11.0. The van der Waals surface area contributed by atoms with E-state index in [1.54, 1.807) is 48.5 Å². The standard InChI is InChI=1S/C8H6N2O.C8H5NO/c9-5-7-2-1-3-8(4-7)6-10-11;9-5-7-2-1-3-8(4-7)6-10/h1-4,6,11H;1-4,6H. The maximum Gasteiger partial charge on any atom is 0.150 e. The number of carbonyl (C=O) groups is 1. The first-order chi connectivity index (χ1) is 10.2. The summed E-state index contributed by atoms with van der Waals surface area (Å²) in [6.07, 6.45) is 2.00. The molecule has 2 aromatic carbocycles. The maximum absolute atomic E-state index is 10.2. The first-order valence-corrected chi connectivity index (χ1v) is 5.86. The lowest BCUT2D eigenvalue weighted by atomic mass is 10.1. The van der Waals surface area contributed by atoms with Crippen LogP contribution < -0.4 is 0 Å². The van der Waals surface area contributed by atoms with Crippen LogP contribution >= 0.6 is 0 Å². The average molecular weight is 277 g/mol. The van der Waals surface area contributed by atoms with Gasteiger partial charge in [0, 0.05) is 5.56 Å². The predicted octanol–water partition coefficient (Wildman–Crippen LogP) is 2.74. The average Bonchev–Trinajstić information content (AvgIpc) is 2.56. The Morgan fingerprint density at radius 1 is 0.952 bits per heavy atom. The number of carbonyl (C=O) groups excluding carboxylic acids is 1. The quantitative estimate of drug-likeness (QED) is 0.395. The molecule has 0 aromatic heterocycles. The minimum Gasteiger partial charge on any atom is -0.411 e. The number of hydrogen-bond acceptors (Lipinski definition) is 5. The third-order valence-electron chi connectivity index (χ3n) is 2.37. The van der Waals surface area contributed by atoms with Gasteiger partial charge in [0.25, 0.3) is 0 Å². The number of benzene rings is 2. The Balaban J connectivity index is 0.000000211. The summed E-state index contributed by atoms with van der Waals surface area (Å²) in [5.41, 5.74) is 2.33. The van der Waals surface area contributed by atoms with Crippen molar-refractivity contribution in [3.8, 4) is 12.1 Å². The highest BCUT2D eigenvalue weighted by atomic mass is 16.4. The molecule has 0 saturated heterocycles. The van der Waals surface area contributed by atoms with Gasteiger partial charge in [0.05, 0.1) is 29.5 Å². The van der Waals surface area contributed by atoms with Crippen molar-refractivity contribution in [2.75, 3.05) is 0 Å². The van der Waals surface area contributed by atoms with Crippen LogP contribution in [0, 0.1) is 22.7 Å². The molecule has 0 saturated carbocycles. The van der Waals surface area contributed by atoms with Crippen molar-refractivity contribution in [2.45, 2.75) is 0 Å². The van der Waals surface area contributed by atoms with Crippen molar-refractivity contribution in [3.05, 3.63) is 70.8 Å². The van der Waals surface area contributed by atoms with Crippen molar-refractivity contribution >= 4 is 12.5 Å². The molecule has 21 heavy (non-hydrogen) atoms. The molecule has 0 aliphatic heterocycles. The fourth-order valence-corrected chi connectivity index (χ4v) is 1.44. The normalized spacial score (nSPS) is 9.05. The molecule has 0 radical (unpaired) electrons. The van der Waals surface area contributed by atoms with Gasteiger partial charge in [0.15, 0.2) is 0 Å². The SMILES string of the molecule is N#Cc1cccc(C=NO)c1.N#Cc1cccc(C=O)c1. The van der Waals surface area contributed by atoms with Gasteiger partial charge in [-0.05, 0) is 29.8 Å². The van der Waals surface area contributed by atoms with Crippen molar-refractivity contribution in [1.82, 2.24) is 0 Å². The van der Waals surface area contributed by atoms with E-state index in [1.807, 2.05) is 12.1 Å². The van der Waals surface area contributed by atoms with Crippen LogP contribution in [0.4, 0.5) is 0 Å². The lowest BCUT2D eigenvalue weighted by molar-refractivity contribution is 0.112. The van der Waals surface area contributed by atoms with Crippen molar-refractivity contribution < 1.29 is 10.0 Å². The summed E-state index contributed by atoms with van der Waals surface area (Å²) in [5, 5.41) is 27.9. The van der Waals surface area contributed by atoms with E-state index in [0.717, 1.165) is 6.29 Å². The molecule has 0 fully saturated rings. The molecule has 0 atom stereocenters. The zero-order valence-electron chi connectivity index (χ0n) is 11.0. The Morgan fingerprint density at radius 3 is 1.95 bits per heavy atom. The largest absolute Gasteiger partial charge is 0.411 e. The third kappa shape index (κ3) is 5.37. The minimum atomic E-state index is 0.518. The van der Waals surface area contributed by atoms with Gasteiger partial charge in [0.1, 0.15) is 6.29 Å². The van der Waals surface area contributed by atoms with Crippen LogP contribution in [0.3, 0.4) is 0 Å². The first-order valence-electron chi connectivity index (χ1n) is 5.86. The van der Waals surface area contributed by atoms with Crippen LogP contribution in [0.5, 0.6) is 0 Å². The van der Waals surface area contributed by atoms with Gasteiger partial charge in [-0.3, -0.25) is 4.79 Å². The van der Waals surface area contributed by atoms with Crippen LogP contribution in [0.2, 0.25) is 0 Å². The third-order valence-corrected chi connectivity index (χ3v) is 2.37. The summed E-state index contributed by atoms with van der Waals surface area (Å²) < 4.78 is 0. The molecule has 0 unspecified atom stereocenters. The summed E-state index contributed by atoms with van der Waals surface area (Å²) >= 11 is 0. The maximum atomic E-state index is 10.2. The summed E-state index contributed by atoms with van der Waals surface area (Å²) in [7, 11) is 0. The van der Waals surface area contributed by atoms with Crippen molar-refractivity contribution in [1.29, 1.82) is 10.5 Å². The van der Waals surface area contributed by atoms with Crippen LogP contribution in [-0.2, 0) is 0 Å². The topological polar surface area (TPSA) is 97.2 Å². The number of rotatable bonds is 2. The molecule has 2 aromatic rings. The lowest BCUT2D eigenvalue weighted by Crippen LogP contribution is -1.81. The molecule has 0 amide bonds. The van der Waals surface area contributed by atoms with Crippen LogP contribution in [0.1, 0.15) is 27.0 Å². The fourth-order valence-electron chi connectivity index (χ4n) is 1.44. The summed E-state index contributed by atoms with van der Waals surface area (Å²) in [4.78, 5) is 10.2. The van der Waals surface area contributed by atoms with E-state index in [-0.39, 0.29) is 0 Å². The molecular formula is C16H11N3O2. The van der Waals surface area contributed by atoms with Gasteiger partial charge in [-0.15, -0.1) is 0 Å². The lowest BCUT2D eigenvalue weighted by Gasteiger charge is -1.90. The molecule has 0 aliphatic carbocycles. The molecule has 2 rings (SSSR count). The Labute approximate surface area is 122 Å². The smallest absolute Gasteiger partial charge is 0.150 e. The Hall–Kier alpha value is -3.44. The number of nitrogens with zero attached hydrogens (tertiary/aromatic N) is 3. The van der Waals surface area contributed by atoms with Crippen molar-refractivity contribution in [3.63, 3.8) is 0 Å². The van der Waals surface area contributed by atoms with Gasteiger partial charge in [0.2, 0.25) is 0 Å². The van der Waals surface area contributed by atoms with E-state index in [2.05, 4.69) is 5.16 Å². The minimum absolute atomic E-state index is 0.518. The van der Waals surface area contributed by atoms with E-state index >= 15 is 0 Å². The second-order valence-electron chi connectivity index (χ2n) is 3.84. The van der Waals surface area contributed by atoms with Gasteiger partial charge in [-0.1, -0.05) is 29.4 Å². The summed E-state index contributed by atoms with van der Waals surface area (Å²) in [6.45, 7) is 0. The second kappa shape index (κ2) is 8.63. The molecule has 102 valence electrons. The zero-order chi connectivity index (χ0) is 15.5. The highest BCUT2D eigenvalue weighted by Gasteiger charge is 1.91. The summed E-state index contributed by atoms with van der Waals surface area (Å²) in [5.74, 6) is 0. The Kier molecular flexibility index (Phi) is 6.41. The predicted molar refractivity (Wildman–Crippen MR) is 77.1 cm³/mol. The van der Waals surface area contributed by atoms with E-state index in [9.17, 15) is 4.79 Å². The fraction of sp³-hybridized carbons (Fsp3) is 0. The van der Waals surface area contributed by atoms with E-state index in [0.29, 0.717) is 22.3 Å². The Morgan fingerprint density at radius 2 is 1.48 bits per heavy atom. The molecule has 0 aliphatic rings. The Bertz CT molecular complexity index is 725. The molecule has 0 spiro atoms. The summed E-state index contributed by atoms with van der Waals surface area (Å²) in [6, 6.07) is 17.3. The number of aldehydes is 1. The monoisotopic (exact) mass is 277 g/mol.